The smallest absolute Gasteiger partial charge is 0.331 e. The Labute approximate surface area is 461 Å². The van der Waals surface area contributed by atoms with Crippen molar-refractivity contribution in [2.75, 3.05) is 27.9 Å². The van der Waals surface area contributed by atoms with Crippen molar-refractivity contribution < 1.29 is 107 Å². The average Bonchev–Trinajstić information content (AvgIpc) is 2.40. The zero-order valence-electron chi connectivity index (χ0n) is 46.7. The van der Waals surface area contributed by atoms with Gasteiger partial charge in [0.2, 0.25) is 0 Å². The number of esters is 1. The first-order chi connectivity index (χ1) is 37.4. The van der Waals surface area contributed by atoms with Crippen LogP contribution in [0.1, 0.15) is 111 Å². The van der Waals surface area contributed by atoms with E-state index in [4.69, 9.17) is 56.8 Å². The van der Waals surface area contributed by atoms with Gasteiger partial charge in [0, 0.05) is 52.6 Å². The number of phenols is 1. The number of phenolic OH excluding ortho intramolecular Hbond substituents is 1. The van der Waals surface area contributed by atoms with Crippen molar-refractivity contribution in [2.45, 2.75) is 239 Å². The van der Waals surface area contributed by atoms with Gasteiger partial charge in [-0.05, 0) is 109 Å². The molecule has 8 N–H and O–H groups in total. The molecule has 0 radical (unpaired) electrons. The molecule has 22 nitrogen and oxygen atoms in total. The first kappa shape index (κ1) is 60.5. The van der Waals surface area contributed by atoms with Gasteiger partial charge in [0.15, 0.2) is 30.9 Å². The Bertz CT molecular complexity index is 2350. The third kappa shape index (κ3) is 10.8. The van der Waals surface area contributed by atoms with E-state index >= 15 is 0 Å². The van der Waals surface area contributed by atoms with Crippen molar-refractivity contribution in [2.24, 2.45) is 16.7 Å². The SMILES string of the molecule is CO[C@H]1C[C@H](O[C@@H]2[C@@H](C)O[C@@H](O[C@H]3CC[C@@]4(C)C(=CC[C@]5(O)[C@@H]4C[C@@H](OC(=O)/C=C\c4ccc(O)cc4)[C@@]4(C)[C@]5(O)CC[C@]4(O)C(C)=O)C3)C[C@H]2OC)O[C@H](C)[C@H]1O[C@H]1C[C@H](OC)[C@H](O[C@@H]2O[C@H](CO)[C@@H](O)[C@H](O)[C@H]2O)[C@@H](C)O1. The number of ketones is 1. The van der Waals surface area contributed by atoms with Gasteiger partial charge in [-0.1, -0.05) is 30.7 Å². The van der Waals surface area contributed by atoms with Crippen LogP contribution >= 0.6 is 0 Å². The largest absolute Gasteiger partial charge is 0.508 e. The Morgan fingerprint density at radius 3 is 1.78 bits per heavy atom. The summed E-state index contributed by atoms with van der Waals surface area (Å²) in [5.41, 5.74) is -6.66. The number of rotatable bonds is 16. The Morgan fingerprint density at radius 1 is 0.709 bits per heavy atom. The minimum Gasteiger partial charge on any atom is -0.508 e. The van der Waals surface area contributed by atoms with Crippen LogP contribution in [0.25, 0.3) is 6.08 Å². The van der Waals surface area contributed by atoms with Gasteiger partial charge in [-0.2, -0.15) is 0 Å². The molecule has 8 aliphatic rings. The lowest BCUT2D eigenvalue weighted by Crippen LogP contribution is -2.78. The van der Waals surface area contributed by atoms with E-state index < -0.39 is 163 Å². The molecule has 0 amide bonds. The molecule has 4 saturated heterocycles. The van der Waals surface area contributed by atoms with Gasteiger partial charge in [-0.15, -0.1) is 0 Å². The number of aromatic hydroxyl groups is 1. The fourth-order valence-corrected chi connectivity index (χ4v) is 14.8. The molecule has 79 heavy (non-hydrogen) atoms. The molecule has 0 aromatic heterocycles. The summed E-state index contributed by atoms with van der Waals surface area (Å²) >= 11 is 0. The van der Waals surface area contributed by atoms with E-state index in [1.165, 1.54) is 38.3 Å². The lowest BCUT2D eigenvalue weighted by atomic mass is 9.42. The van der Waals surface area contributed by atoms with Gasteiger partial charge in [0.05, 0.1) is 54.7 Å². The maximum absolute atomic E-state index is 13.6. The highest BCUT2D eigenvalue weighted by atomic mass is 16.8. The van der Waals surface area contributed by atoms with Crippen molar-refractivity contribution in [3.05, 3.63) is 47.6 Å². The monoisotopic (exact) mass is 1120 g/mol. The Morgan fingerprint density at radius 2 is 1.25 bits per heavy atom. The molecule has 0 unspecified atom stereocenters. The second-order valence-corrected chi connectivity index (χ2v) is 23.7. The normalized spacial score (nSPS) is 48.1. The predicted octanol–water partition coefficient (Wildman–Crippen LogP) is 2.23. The number of aliphatic hydroxyl groups is 7. The van der Waals surface area contributed by atoms with Crippen LogP contribution in [-0.2, 0) is 66.4 Å². The van der Waals surface area contributed by atoms with E-state index in [0.29, 0.717) is 37.7 Å². The third-order valence-corrected chi connectivity index (χ3v) is 19.6. The van der Waals surface area contributed by atoms with Crippen molar-refractivity contribution >= 4 is 17.8 Å². The summed E-state index contributed by atoms with van der Waals surface area (Å²) in [6, 6.07) is 6.24. The van der Waals surface area contributed by atoms with Gasteiger partial charge in [-0.25, -0.2) is 4.79 Å². The topological polar surface area (TPSA) is 307 Å². The zero-order valence-corrected chi connectivity index (χ0v) is 46.7. The Hall–Kier alpha value is -3.08. The molecule has 1 aromatic rings. The minimum atomic E-state index is -2.09. The minimum absolute atomic E-state index is 0.0477. The van der Waals surface area contributed by atoms with E-state index in [-0.39, 0.29) is 44.0 Å². The number of methoxy groups -OCH3 is 3. The van der Waals surface area contributed by atoms with Gasteiger partial charge in [0.25, 0.3) is 0 Å². The van der Waals surface area contributed by atoms with E-state index in [0.717, 1.165) is 5.57 Å². The summed E-state index contributed by atoms with van der Waals surface area (Å²) in [7, 11) is 4.70. The summed E-state index contributed by atoms with van der Waals surface area (Å²) in [5.74, 6) is -1.89. The van der Waals surface area contributed by atoms with Crippen molar-refractivity contribution in [3.8, 4) is 5.75 Å². The molecule has 4 aliphatic carbocycles. The molecule has 0 spiro atoms. The molecule has 22 heteroatoms. The van der Waals surface area contributed by atoms with Crippen LogP contribution in [0.15, 0.2) is 42.0 Å². The fourth-order valence-electron chi connectivity index (χ4n) is 14.8. The highest BCUT2D eigenvalue weighted by Crippen LogP contribution is 2.71. The molecular weight excluding hydrogens is 1040 g/mol. The predicted molar refractivity (Wildman–Crippen MR) is 275 cm³/mol. The Balaban J connectivity index is 0.811. The standard InChI is InChI=1S/C57H84O22/c1-28-49(77-44-24-37(69-8)50(29(2)72-44)78-45-25-38(70-9)51(30(3)73-45)79-52-48(64)47(63)46(62)39(27-58)75-52)36(68-7)23-43(71-28)74-35-17-18-53(5)33(22-35)16-19-56(66)40(53)26-41(54(6)55(65,31(4)59)20-21-57(54,56)67)76-42(61)15-12-32-10-13-34(60)14-11-32/h10-16,28-30,35-41,43-52,58,60,62-67H,17-27H2,1-9H3/b15-12-/t28-,29-,30-,35+,36-,37+,38+,39-,40-,41-,43+,44+,45+,46-,47+,48-,49-,50-,51-,52+,53+,54-,55+,56+,57-/m1/s1. The van der Waals surface area contributed by atoms with E-state index in [1.807, 2.05) is 19.9 Å². The van der Waals surface area contributed by atoms with Crippen LogP contribution in [0.3, 0.4) is 0 Å². The lowest BCUT2D eigenvalue weighted by Gasteiger charge is -2.67. The maximum atomic E-state index is 13.6. The van der Waals surface area contributed by atoms with Gasteiger partial charge < -0.3 is 97.7 Å². The van der Waals surface area contributed by atoms with Crippen molar-refractivity contribution in [1.29, 1.82) is 0 Å². The third-order valence-electron chi connectivity index (χ3n) is 19.6. The summed E-state index contributed by atoms with van der Waals surface area (Å²) < 4.78 is 74.8. The molecule has 3 saturated carbocycles. The van der Waals surface area contributed by atoms with Crippen molar-refractivity contribution in [3.63, 3.8) is 0 Å². The van der Waals surface area contributed by atoms with Crippen molar-refractivity contribution in [1.82, 2.24) is 0 Å². The molecule has 7 fully saturated rings. The number of Topliss-reactive ketones (excluding diaryl/α,β-unsaturated/α-hetero) is 1. The number of fused-ring (bicyclic) bond motifs is 5. The van der Waals surface area contributed by atoms with E-state index in [1.54, 1.807) is 40.2 Å². The van der Waals surface area contributed by atoms with Crippen LogP contribution < -0.4 is 0 Å². The first-order valence-electron chi connectivity index (χ1n) is 27.9. The van der Waals surface area contributed by atoms with Crippen LogP contribution in [0.4, 0.5) is 0 Å². The van der Waals surface area contributed by atoms with Gasteiger partial charge in [-0.3, -0.25) is 4.79 Å². The molecule has 0 bridgehead atoms. The number of carbonyl (C=O) groups is 2. The number of carbonyl (C=O) groups excluding carboxylic acids is 2. The van der Waals surface area contributed by atoms with Crippen LogP contribution in [0.5, 0.6) is 5.75 Å². The zero-order chi connectivity index (χ0) is 57.1. The lowest BCUT2D eigenvalue weighted by molar-refractivity contribution is -0.357. The molecule has 1 aromatic carbocycles. The number of aliphatic hydroxyl groups excluding tert-OH is 4. The number of ether oxygens (including phenoxy) is 12. The van der Waals surface area contributed by atoms with Gasteiger partial charge in [0.1, 0.15) is 71.4 Å². The summed E-state index contributed by atoms with van der Waals surface area (Å²) in [6.07, 6.45) is -8.87. The fraction of sp³-hybridized carbons (Fsp3) is 0.789. The average molecular weight is 1120 g/mol. The summed E-state index contributed by atoms with van der Waals surface area (Å²) in [4.78, 5) is 27.0. The van der Waals surface area contributed by atoms with E-state index in [9.17, 15) is 50.4 Å². The van der Waals surface area contributed by atoms with Crippen LogP contribution in [-0.4, -0.2) is 214 Å². The quantitative estimate of drug-likeness (QED) is 0.0669. The number of benzene rings is 1. The van der Waals surface area contributed by atoms with Crippen LogP contribution in [0, 0.1) is 16.7 Å². The Kier molecular flexibility index (Phi) is 18.0. The first-order valence-corrected chi connectivity index (χ1v) is 27.9. The summed E-state index contributed by atoms with van der Waals surface area (Å²) in [5, 5.41) is 88.7. The molecule has 25 atom stereocenters. The van der Waals surface area contributed by atoms with Crippen LogP contribution in [0.2, 0.25) is 0 Å². The molecule has 4 aliphatic heterocycles. The number of hydrogen-bond donors (Lipinski definition) is 8. The highest BCUT2D eigenvalue weighted by Gasteiger charge is 2.81. The highest BCUT2D eigenvalue weighted by molar-refractivity contribution is 5.89. The maximum Gasteiger partial charge on any atom is 0.331 e. The van der Waals surface area contributed by atoms with Gasteiger partial charge >= 0.3 is 5.97 Å². The second-order valence-electron chi connectivity index (χ2n) is 23.7. The number of hydrogen-bond acceptors (Lipinski definition) is 22. The second kappa shape index (κ2) is 23.5. The molecule has 9 rings (SSSR count). The molecular formula is C57H84O22. The van der Waals surface area contributed by atoms with E-state index in [2.05, 4.69) is 6.92 Å². The molecule has 444 valence electrons. The molecule has 4 heterocycles. The summed E-state index contributed by atoms with van der Waals surface area (Å²) in [6.45, 7) is 9.78.